The second kappa shape index (κ2) is 10.8. The van der Waals surface area contributed by atoms with Crippen molar-refractivity contribution >= 4 is 0 Å². The molecule has 0 spiro atoms. The summed E-state index contributed by atoms with van der Waals surface area (Å²) in [4.78, 5) is 0. The van der Waals surface area contributed by atoms with Gasteiger partial charge in [0.2, 0.25) is 0 Å². The zero-order chi connectivity index (χ0) is 21.5. The maximum absolute atomic E-state index is 14.8. The second-order valence-corrected chi connectivity index (χ2v) is 7.99. The molecule has 0 amide bonds. The van der Waals surface area contributed by atoms with E-state index >= 15 is 0 Å². The molecule has 0 radical (unpaired) electrons. The molecule has 1 aliphatic carbocycles. The third-order valence-corrected chi connectivity index (χ3v) is 5.92. The molecule has 30 heavy (non-hydrogen) atoms. The Balaban J connectivity index is 1.64. The van der Waals surface area contributed by atoms with Gasteiger partial charge in [0.05, 0.1) is 6.67 Å². The lowest BCUT2D eigenvalue weighted by molar-refractivity contribution is 0.0799. The summed E-state index contributed by atoms with van der Waals surface area (Å²) in [6.07, 6.45) is 4.06. The van der Waals surface area contributed by atoms with Crippen LogP contribution < -0.4 is 4.74 Å². The van der Waals surface area contributed by atoms with Gasteiger partial charge in [0.25, 0.3) is 6.43 Å². The minimum atomic E-state index is -2.70. The Labute approximate surface area is 174 Å². The van der Waals surface area contributed by atoms with Crippen LogP contribution in [0, 0.1) is 17.6 Å². The van der Waals surface area contributed by atoms with Crippen LogP contribution in [0.5, 0.6) is 5.75 Å². The molecule has 6 heteroatoms. The minimum absolute atomic E-state index is 0.254. The van der Waals surface area contributed by atoms with E-state index in [1.807, 2.05) is 6.07 Å². The molecule has 0 N–H and O–H groups in total. The van der Waals surface area contributed by atoms with Crippen molar-refractivity contribution in [1.29, 1.82) is 0 Å². The highest BCUT2D eigenvalue weighted by molar-refractivity contribution is 5.65. The average Bonchev–Trinajstić information content (AvgIpc) is 2.73. The van der Waals surface area contributed by atoms with Gasteiger partial charge in [0.1, 0.15) is 12.4 Å². The summed E-state index contributed by atoms with van der Waals surface area (Å²) in [5, 5.41) is 0. The molecule has 2 aromatic rings. The predicted octanol–water partition coefficient (Wildman–Crippen LogP) is 7.69. The molecule has 0 heterocycles. The van der Waals surface area contributed by atoms with E-state index in [-0.39, 0.29) is 18.0 Å². The van der Waals surface area contributed by atoms with Gasteiger partial charge in [-0.1, -0.05) is 31.0 Å². The molecule has 0 aromatic heterocycles. The topological polar surface area (TPSA) is 9.23 Å². The maximum atomic E-state index is 14.8. The first-order valence-corrected chi connectivity index (χ1v) is 10.5. The lowest BCUT2D eigenvalue weighted by atomic mass is 9.77. The number of hydrogen-bond acceptors (Lipinski definition) is 1. The zero-order valence-electron chi connectivity index (χ0n) is 16.9. The largest absolute Gasteiger partial charge is 0.485 e. The van der Waals surface area contributed by atoms with Gasteiger partial charge >= 0.3 is 0 Å². The van der Waals surface area contributed by atoms with Crippen LogP contribution in [0.2, 0.25) is 0 Å². The summed E-state index contributed by atoms with van der Waals surface area (Å²) in [6, 6.07) is 8.84. The van der Waals surface area contributed by atoms with Gasteiger partial charge in [-0.25, -0.2) is 17.6 Å². The van der Waals surface area contributed by atoms with Crippen LogP contribution in [0.15, 0.2) is 36.4 Å². The van der Waals surface area contributed by atoms with E-state index in [1.165, 1.54) is 18.2 Å². The van der Waals surface area contributed by atoms with Crippen molar-refractivity contribution in [2.24, 2.45) is 5.92 Å². The van der Waals surface area contributed by atoms with Gasteiger partial charge in [-0.3, -0.25) is 4.39 Å². The summed E-state index contributed by atoms with van der Waals surface area (Å²) < 4.78 is 70.3. The highest BCUT2D eigenvalue weighted by atomic mass is 19.3. The average molecular weight is 426 g/mol. The van der Waals surface area contributed by atoms with E-state index in [1.54, 1.807) is 6.07 Å². The second-order valence-electron chi connectivity index (χ2n) is 7.99. The van der Waals surface area contributed by atoms with Crippen molar-refractivity contribution in [3.63, 3.8) is 0 Å². The van der Waals surface area contributed by atoms with E-state index in [9.17, 15) is 22.0 Å². The molecule has 164 valence electrons. The lowest BCUT2D eigenvalue weighted by Crippen LogP contribution is -2.13. The van der Waals surface area contributed by atoms with Crippen molar-refractivity contribution in [3.8, 4) is 16.9 Å². The number of unbranched alkanes of at least 4 members (excludes halogenated alkanes) is 1. The van der Waals surface area contributed by atoms with Crippen molar-refractivity contribution in [2.75, 3.05) is 13.3 Å². The van der Waals surface area contributed by atoms with Crippen LogP contribution in [0.3, 0.4) is 0 Å². The highest BCUT2D eigenvalue weighted by Crippen LogP contribution is 2.39. The van der Waals surface area contributed by atoms with Gasteiger partial charge in [-0.05, 0) is 73.3 Å². The number of alkyl halides is 3. The molecule has 2 aromatic carbocycles. The zero-order valence-corrected chi connectivity index (χ0v) is 16.9. The van der Waals surface area contributed by atoms with Crippen molar-refractivity contribution in [3.05, 3.63) is 53.6 Å². The van der Waals surface area contributed by atoms with Crippen LogP contribution in [-0.2, 0) is 0 Å². The highest BCUT2D eigenvalue weighted by Gasteiger charge is 2.23. The van der Waals surface area contributed by atoms with E-state index in [2.05, 4.69) is 0 Å². The molecule has 0 atom stereocenters. The Morgan fingerprint density at radius 2 is 1.67 bits per heavy atom. The molecule has 0 saturated heterocycles. The molecule has 1 fully saturated rings. The van der Waals surface area contributed by atoms with E-state index < -0.39 is 24.7 Å². The Hall–Kier alpha value is -2.11. The molecule has 1 saturated carbocycles. The van der Waals surface area contributed by atoms with Crippen LogP contribution in [0.25, 0.3) is 11.1 Å². The SMILES string of the molecule is FCCCCC1CCC(c2ccc(-c3ccc(OCC(F)F)c(F)c3)c(F)c2)CC1. The fraction of sp³-hybridized carbons (Fsp3) is 0.500. The van der Waals surface area contributed by atoms with Crippen molar-refractivity contribution in [2.45, 2.75) is 57.3 Å². The van der Waals surface area contributed by atoms with Crippen molar-refractivity contribution in [1.82, 2.24) is 0 Å². The Kier molecular flexibility index (Phi) is 8.11. The molecule has 0 aliphatic heterocycles. The molecular weight excluding hydrogens is 399 g/mol. The number of rotatable bonds is 9. The third-order valence-electron chi connectivity index (χ3n) is 5.92. The van der Waals surface area contributed by atoms with E-state index in [4.69, 9.17) is 4.74 Å². The van der Waals surface area contributed by atoms with Crippen LogP contribution in [-0.4, -0.2) is 19.7 Å². The van der Waals surface area contributed by atoms with E-state index in [0.717, 1.165) is 50.2 Å². The third kappa shape index (κ3) is 5.96. The summed E-state index contributed by atoms with van der Waals surface area (Å²) in [5.41, 5.74) is 1.53. The van der Waals surface area contributed by atoms with Crippen LogP contribution >= 0.6 is 0 Å². The maximum Gasteiger partial charge on any atom is 0.272 e. The standard InChI is InChI=1S/C24H27F5O/c25-12-2-1-3-16-4-6-17(7-5-16)18-8-10-20(21(26)13-18)19-9-11-23(22(27)14-19)30-15-24(28)29/h8-11,13-14,16-17,24H,1-7,12,15H2. The predicted molar refractivity (Wildman–Crippen MR) is 108 cm³/mol. The fourth-order valence-electron chi connectivity index (χ4n) is 4.27. The number of ether oxygens (including phenoxy) is 1. The number of halogens is 5. The summed E-state index contributed by atoms with van der Waals surface area (Å²) >= 11 is 0. The lowest BCUT2D eigenvalue weighted by Gasteiger charge is -2.29. The van der Waals surface area contributed by atoms with Gasteiger partial charge in [0.15, 0.2) is 11.6 Å². The van der Waals surface area contributed by atoms with Gasteiger partial charge in [-0.2, -0.15) is 0 Å². The Morgan fingerprint density at radius 1 is 0.900 bits per heavy atom. The first-order chi connectivity index (χ1) is 14.5. The minimum Gasteiger partial charge on any atom is -0.485 e. The number of benzene rings is 2. The molecular formula is C24H27F5O. The first kappa shape index (κ1) is 22.6. The van der Waals surface area contributed by atoms with Gasteiger partial charge < -0.3 is 4.74 Å². The molecule has 1 nitrogen and oxygen atoms in total. The summed E-state index contributed by atoms with van der Waals surface area (Å²) in [5.74, 6) is -0.584. The monoisotopic (exact) mass is 426 g/mol. The number of hydrogen-bond donors (Lipinski definition) is 0. The van der Waals surface area contributed by atoms with E-state index in [0.29, 0.717) is 23.8 Å². The van der Waals surface area contributed by atoms with Gasteiger partial charge in [0, 0.05) is 5.56 Å². The Bertz CT molecular complexity index is 815. The van der Waals surface area contributed by atoms with Gasteiger partial charge in [-0.15, -0.1) is 0 Å². The molecule has 1 aliphatic rings. The summed E-state index contributed by atoms with van der Waals surface area (Å²) in [7, 11) is 0. The molecule has 0 unspecified atom stereocenters. The normalized spacial score (nSPS) is 19.3. The quantitative estimate of drug-likeness (QED) is 0.295. The summed E-state index contributed by atoms with van der Waals surface area (Å²) in [6.45, 7) is -1.15. The fourth-order valence-corrected chi connectivity index (χ4v) is 4.27. The van der Waals surface area contributed by atoms with Crippen LogP contribution in [0.4, 0.5) is 22.0 Å². The van der Waals surface area contributed by atoms with Crippen molar-refractivity contribution < 1.29 is 26.7 Å². The molecule has 3 rings (SSSR count). The smallest absolute Gasteiger partial charge is 0.272 e. The Morgan fingerprint density at radius 3 is 2.30 bits per heavy atom. The van der Waals surface area contributed by atoms with Crippen LogP contribution in [0.1, 0.15) is 56.4 Å². The first-order valence-electron chi connectivity index (χ1n) is 10.5. The molecule has 0 bridgehead atoms.